The van der Waals surface area contributed by atoms with Crippen LogP contribution in [-0.4, -0.2) is 5.11 Å². The molecular weight excluding hydrogens is 246 g/mol. The molecule has 0 heterocycles. The van der Waals surface area contributed by atoms with Gasteiger partial charge in [0.2, 0.25) is 0 Å². The Morgan fingerprint density at radius 1 is 1.00 bits per heavy atom. The van der Waals surface area contributed by atoms with Crippen LogP contribution in [0.25, 0.3) is 0 Å². The van der Waals surface area contributed by atoms with E-state index in [2.05, 4.69) is 6.92 Å². The molecule has 0 amide bonds. The molecule has 0 radical (unpaired) electrons. The first-order valence-corrected chi connectivity index (χ1v) is 7.21. The van der Waals surface area contributed by atoms with Crippen molar-refractivity contribution in [2.45, 2.75) is 64.4 Å². The Hall–Kier alpha value is -0.960. The molecule has 1 nitrogen and oxygen atoms in total. The van der Waals surface area contributed by atoms with Crippen LogP contribution in [0.2, 0.25) is 0 Å². The van der Waals surface area contributed by atoms with Crippen LogP contribution in [-0.2, 0) is 0 Å². The van der Waals surface area contributed by atoms with E-state index in [0.29, 0.717) is 12.0 Å². The molecule has 0 saturated heterocycles. The molecule has 0 aliphatic carbocycles. The van der Waals surface area contributed by atoms with Crippen molar-refractivity contribution in [1.29, 1.82) is 0 Å². The van der Waals surface area contributed by atoms with E-state index in [4.69, 9.17) is 0 Å². The second-order valence-electron chi connectivity index (χ2n) is 5.04. The fraction of sp³-hybridized carbons (Fsp3) is 0.625. The van der Waals surface area contributed by atoms with Crippen LogP contribution in [0.4, 0.5) is 8.78 Å². The van der Waals surface area contributed by atoms with Crippen LogP contribution in [0.5, 0.6) is 0 Å². The summed E-state index contributed by atoms with van der Waals surface area (Å²) in [7, 11) is 0. The molecule has 1 atom stereocenters. The van der Waals surface area contributed by atoms with Crippen molar-refractivity contribution in [2.75, 3.05) is 0 Å². The highest BCUT2D eigenvalue weighted by molar-refractivity contribution is 5.25. The lowest BCUT2D eigenvalue weighted by atomic mass is 10.0. The number of aliphatic hydroxyl groups excluding tert-OH is 1. The summed E-state index contributed by atoms with van der Waals surface area (Å²) in [6, 6.07) is 6.10. The van der Waals surface area contributed by atoms with Gasteiger partial charge in [0.05, 0.1) is 6.10 Å². The quantitative estimate of drug-likeness (QED) is 0.595. The number of aliphatic hydroxyl groups is 1. The molecule has 0 saturated carbocycles. The van der Waals surface area contributed by atoms with Gasteiger partial charge in [-0.25, -0.2) is 8.78 Å². The molecule has 3 heteroatoms. The number of unbranched alkanes of at least 4 members (excludes halogenated alkanes) is 5. The molecule has 0 aromatic heterocycles. The summed E-state index contributed by atoms with van der Waals surface area (Å²) < 4.78 is 25.1. The largest absolute Gasteiger partial charge is 0.388 e. The highest BCUT2D eigenvalue weighted by Gasteiger charge is 2.11. The molecule has 1 aromatic rings. The first-order valence-electron chi connectivity index (χ1n) is 7.21. The second-order valence-corrected chi connectivity index (χ2v) is 5.04. The van der Waals surface area contributed by atoms with Crippen molar-refractivity contribution in [3.63, 3.8) is 0 Å². The third-order valence-electron chi connectivity index (χ3n) is 3.38. The molecule has 0 bridgehead atoms. The number of halogens is 2. The Kier molecular flexibility index (Phi) is 7.65. The fourth-order valence-corrected chi connectivity index (χ4v) is 2.19. The van der Waals surface area contributed by atoms with Crippen LogP contribution >= 0.6 is 0 Å². The summed E-state index contributed by atoms with van der Waals surface area (Å²) in [5.41, 5.74) is 0.589. The first-order chi connectivity index (χ1) is 9.15. The van der Waals surface area contributed by atoms with Gasteiger partial charge in [0.1, 0.15) is 0 Å². The van der Waals surface area contributed by atoms with Gasteiger partial charge in [0.25, 0.3) is 6.43 Å². The fourth-order valence-electron chi connectivity index (χ4n) is 2.19. The van der Waals surface area contributed by atoms with Gasteiger partial charge in [-0.3, -0.25) is 0 Å². The summed E-state index contributed by atoms with van der Waals surface area (Å²) >= 11 is 0. The molecule has 0 aliphatic rings. The summed E-state index contributed by atoms with van der Waals surface area (Å²) in [6.07, 6.45) is 4.53. The minimum absolute atomic E-state index is 0.0144. The normalized spacial score (nSPS) is 12.9. The van der Waals surface area contributed by atoms with Crippen molar-refractivity contribution in [3.8, 4) is 0 Å². The smallest absolute Gasteiger partial charge is 0.263 e. The third-order valence-corrected chi connectivity index (χ3v) is 3.38. The van der Waals surface area contributed by atoms with E-state index in [1.165, 1.54) is 37.8 Å². The monoisotopic (exact) mass is 270 g/mol. The Morgan fingerprint density at radius 2 is 1.63 bits per heavy atom. The third kappa shape index (κ3) is 6.15. The van der Waals surface area contributed by atoms with E-state index < -0.39 is 12.5 Å². The van der Waals surface area contributed by atoms with Crippen molar-refractivity contribution in [3.05, 3.63) is 35.4 Å². The van der Waals surface area contributed by atoms with Crippen molar-refractivity contribution < 1.29 is 13.9 Å². The van der Waals surface area contributed by atoms with Crippen LogP contribution in [0.3, 0.4) is 0 Å². The van der Waals surface area contributed by atoms with Gasteiger partial charge >= 0.3 is 0 Å². The Balaban J connectivity index is 2.32. The molecule has 19 heavy (non-hydrogen) atoms. The molecule has 1 aromatic carbocycles. The molecule has 1 N–H and O–H groups in total. The van der Waals surface area contributed by atoms with E-state index >= 15 is 0 Å². The topological polar surface area (TPSA) is 20.2 Å². The SMILES string of the molecule is CCCCCCCCC(O)c1cccc(C(F)F)c1. The molecule has 108 valence electrons. The maximum absolute atomic E-state index is 12.6. The molecule has 1 unspecified atom stereocenters. The Labute approximate surface area is 114 Å². The Bertz CT molecular complexity index is 352. The maximum Gasteiger partial charge on any atom is 0.263 e. The number of hydrogen-bond donors (Lipinski definition) is 1. The highest BCUT2D eigenvalue weighted by atomic mass is 19.3. The van der Waals surface area contributed by atoms with Gasteiger partial charge in [0, 0.05) is 5.56 Å². The van der Waals surface area contributed by atoms with Crippen LogP contribution in [0.1, 0.15) is 75.5 Å². The first kappa shape index (κ1) is 16.1. The van der Waals surface area contributed by atoms with Crippen molar-refractivity contribution in [2.24, 2.45) is 0 Å². The Morgan fingerprint density at radius 3 is 2.32 bits per heavy atom. The number of benzene rings is 1. The van der Waals surface area contributed by atoms with E-state index in [-0.39, 0.29) is 5.56 Å². The minimum atomic E-state index is -2.47. The average Bonchev–Trinajstić information content (AvgIpc) is 2.42. The minimum Gasteiger partial charge on any atom is -0.388 e. The van der Waals surface area contributed by atoms with Crippen molar-refractivity contribution in [1.82, 2.24) is 0 Å². The van der Waals surface area contributed by atoms with Gasteiger partial charge in [-0.2, -0.15) is 0 Å². The summed E-state index contributed by atoms with van der Waals surface area (Å²) in [5.74, 6) is 0. The van der Waals surface area contributed by atoms with E-state index in [9.17, 15) is 13.9 Å². The molecule has 0 fully saturated rings. The second kappa shape index (κ2) is 9.03. The zero-order chi connectivity index (χ0) is 14.1. The standard InChI is InChI=1S/C16H24F2O/c1-2-3-4-5-6-7-11-15(19)13-9-8-10-14(12-13)16(17)18/h8-10,12,15-16,19H,2-7,11H2,1H3. The zero-order valence-electron chi connectivity index (χ0n) is 11.6. The van der Waals surface area contributed by atoms with Gasteiger partial charge in [0.15, 0.2) is 0 Å². The van der Waals surface area contributed by atoms with Crippen LogP contribution in [0, 0.1) is 0 Å². The predicted octanol–water partition coefficient (Wildman–Crippen LogP) is 5.41. The molecule has 1 rings (SSSR count). The number of hydrogen-bond acceptors (Lipinski definition) is 1. The molecule has 0 spiro atoms. The summed E-state index contributed by atoms with van der Waals surface area (Å²) in [4.78, 5) is 0. The molecule has 0 aliphatic heterocycles. The van der Waals surface area contributed by atoms with Gasteiger partial charge < -0.3 is 5.11 Å². The lowest BCUT2D eigenvalue weighted by Gasteiger charge is -2.12. The van der Waals surface area contributed by atoms with Gasteiger partial charge in [-0.1, -0.05) is 63.6 Å². The van der Waals surface area contributed by atoms with Crippen LogP contribution < -0.4 is 0 Å². The van der Waals surface area contributed by atoms with Gasteiger partial charge in [-0.05, 0) is 18.1 Å². The zero-order valence-corrected chi connectivity index (χ0v) is 11.6. The van der Waals surface area contributed by atoms with Crippen molar-refractivity contribution >= 4 is 0 Å². The van der Waals surface area contributed by atoms with E-state index in [1.807, 2.05) is 0 Å². The number of alkyl halides is 2. The number of rotatable bonds is 9. The lowest BCUT2D eigenvalue weighted by molar-refractivity contribution is 0.148. The van der Waals surface area contributed by atoms with E-state index in [0.717, 1.165) is 12.8 Å². The lowest BCUT2D eigenvalue weighted by Crippen LogP contribution is -1.98. The van der Waals surface area contributed by atoms with E-state index in [1.54, 1.807) is 12.1 Å². The highest BCUT2D eigenvalue weighted by Crippen LogP contribution is 2.25. The van der Waals surface area contributed by atoms with Crippen LogP contribution in [0.15, 0.2) is 24.3 Å². The predicted molar refractivity (Wildman–Crippen MR) is 74.4 cm³/mol. The average molecular weight is 270 g/mol. The maximum atomic E-state index is 12.6. The molecular formula is C16H24F2O. The summed E-state index contributed by atoms with van der Waals surface area (Å²) in [6.45, 7) is 2.18. The summed E-state index contributed by atoms with van der Waals surface area (Å²) in [5, 5.41) is 9.98. The van der Waals surface area contributed by atoms with Gasteiger partial charge in [-0.15, -0.1) is 0 Å².